The van der Waals surface area contributed by atoms with Crippen LogP contribution in [0, 0.1) is 19.8 Å². The van der Waals surface area contributed by atoms with Crippen LogP contribution >= 0.6 is 23.8 Å². The van der Waals surface area contributed by atoms with Crippen molar-refractivity contribution in [2.75, 3.05) is 10.2 Å². The molecule has 5 rings (SSSR count). The van der Waals surface area contributed by atoms with E-state index >= 15 is 0 Å². The van der Waals surface area contributed by atoms with Gasteiger partial charge < -0.3 is 20.1 Å². The molecule has 8 heteroatoms. The van der Waals surface area contributed by atoms with Crippen molar-refractivity contribution in [3.05, 3.63) is 106 Å². The van der Waals surface area contributed by atoms with Crippen molar-refractivity contribution in [2.24, 2.45) is 5.92 Å². The van der Waals surface area contributed by atoms with Crippen LogP contribution in [-0.2, 0) is 11.2 Å². The first-order valence-electron chi connectivity index (χ1n) is 13.6. The number of nitrogens with one attached hydrogen (secondary N) is 2. The van der Waals surface area contributed by atoms with Crippen molar-refractivity contribution in [3.63, 3.8) is 0 Å². The fourth-order valence-electron chi connectivity index (χ4n) is 5.35. The Balaban J connectivity index is 1.60. The largest absolute Gasteiger partial charge is 0.351 e. The molecule has 2 N–H and O–H groups in total. The summed E-state index contributed by atoms with van der Waals surface area (Å²) in [6, 6.07) is 22.2. The second-order valence-corrected chi connectivity index (χ2v) is 11.3. The van der Waals surface area contributed by atoms with Gasteiger partial charge in [-0.1, -0.05) is 50.6 Å². The number of halogens is 1. The molecule has 0 spiro atoms. The molecule has 6 nitrogen and oxygen atoms in total. The van der Waals surface area contributed by atoms with Gasteiger partial charge in [0, 0.05) is 34.9 Å². The van der Waals surface area contributed by atoms with Gasteiger partial charge >= 0.3 is 0 Å². The van der Waals surface area contributed by atoms with E-state index in [1.165, 1.54) is 5.56 Å². The van der Waals surface area contributed by atoms with E-state index in [4.69, 9.17) is 23.8 Å². The van der Waals surface area contributed by atoms with Gasteiger partial charge in [0.15, 0.2) is 5.11 Å². The Morgan fingerprint density at radius 2 is 1.80 bits per heavy atom. The molecule has 3 heterocycles. The second kappa shape index (κ2) is 11.4. The number of aromatic nitrogens is 2. The summed E-state index contributed by atoms with van der Waals surface area (Å²) in [6.45, 7) is 10.2. The van der Waals surface area contributed by atoms with Crippen molar-refractivity contribution in [3.8, 4) is 5.69 Å². The number of rotatable bonds is 7. The normalized spacial score (nSPS) is 16.9. The summed E-state index contributed by atoms with van der Waals surface area (Å²) in [5, 5.41) is 7.49. The molecule has 0 unspecified atom stereocenters. The van der Waals surface area contributed by atoms with Crippen LogP contribution in [0.4, 0.5) is 11.4 Å². The summed E-state index contributed by atoms with van der Waals surface area (Å²) in [6.07, 6.45) is 2.81. The number of carbonyl (C=O) groups is 1. The van der Waals surface area contributed by atoms with Gasteiger partial charge in [-0.3, -0.25) is 9.78 Å². The second-order valence-electron chi connectivity index (χ2n) is 10.5. The number of nitrogens with zero attached hydrogens (tertiary/aromatic N) is 3. The average molecular weight is 572 g/mol. The summed E-state index contributed by atoms with van der Waals surface area (Å²) in [5.74, 6) is -0.233. The van der Waals surface area contributed by atoms with Crippen LogP contribution in [0.5, 0.6) is 0 Å². The summed E-state index contributed by atoms with van der Waals surface area (Å²) in [4.78, 5) is 19.1. The lowest BCUT2D eigenvalue weighted by atomic mass is 9.96. The number of amides is 1. The number of pyridine rings is 1. The lowest BCUT2D eigenvalue weighted by Gasteiger charge is -2.28. The Kier molecular flexibility index (Phi) is 7.97. The third-order valence-electron chi connectivity index (χ3n) is 7.50. The Morgan fingerprint density at radius 3 is 2.42 bits per heavy atom. The highest BCUT2D eigenvalue weighted by Gasteiger charge is 2.42. The van der Waals surface area contributed by atoms with E-state index in [9.17, 15) is 4.79 Å². The zero-order valence-corrected chi connectivity index (χ0v) is 25.0. The molecule has 1 saturated heterocycles. The molecule has 40 heavy (non-hydrogen) atoms. The van der Waals surface area contributed by atoms with E-state index in [2.05, 4.69) is 76.2 Å². The molecule has 1 amide bonds. The molecule has 1 fully saturated rings. The molecular formula is C32H34ClN5OS. The molecule has 0 aliphatic carbocycles. The monoisotopic (exact) mass is 571 g/mol. The smallest absolute Gasteiger partial charge is 0.226 e. The molecule has 1 aliphatic rings. The van der Waals surface area contributed by atoms with E-state index in [1.807, 2.05) is 50.2 Å². The Hall–Kier alpha value is -3.68. The number of anilines is 2. The lowest BCUT2D eigenvalue weighted by molar-refractivity contribution is -0.118. The fraction of sp³-hybridized carbons (Fsp3) is 0.281. The molecule has 0 radical (unpaired) electrons. The van der Waals surface area contributed by atoms with Gasteiger partial charge in [0.2, 0.25) is 5.91 Å². The van der Waals surface area contributed by atoms with E-state index < -0.39 is 0 Å². The summed E-state index contributed by atoms with van der Waals surface area (Å²) >= 11 is 12.6. The van der Waals surface area contributed by atoms with Crippen molar-refractivity contribution in [1.29, 1.82) is 0 Å². The Bertz CT molecular complexity index is 1550. The number of carbonyl (C=O) groups excluding carboxylic acids is 1. The van der Waals surface area contributed by atoms with E-state index in [-0.39, 0.29) is 23.9 Å². The third-order valence-corrected chi connectivity index (χ3v) is 8.13. The summed E-state index contributed by atoms with van der Waals surface area (Å²) < 4.78 is 2.29. The highest BCUT2D eigenvalue weighted by atomic mass is 35.5. The van der Waals surface area contributed by atoms with Crippen molar-refractivity contribution >= 4 is 46.2 Å². The van der Waals surface area contributed by atoms with Crippen LogP contribution in [0.1, 0.15) is 61.1 Å². The zero-order valence-electron chi connectivity index (χ0n) is 23.4. The van der Waals surface area contributed by atoms with E-state index in [0.717, 1.165) is 40.4 Å². The number of hydrogen-bond acceptors (Lipinski definition) is 3. The molecule has 2 aromatic carbocycles. The Morgan fingerprint density at radius 1 is 1.07 bits per heavy atom. The minimum atomic E-state index is -0.177. The molecule has 2 aromatic heterocycles. The summed E-state index contributed by atoms with van der Waals surface area (Å²) in [5.41, 5.74) is 8.17. The number of hydrogen-bond donors (Lipinski definition) is 2. The molecule has 4 aromatic rings. The number of aryl methyl sites for hydroxylation is 2. The molecule has 0 saturated carbocycles. The molecule has 2 atom stereocenters. The van der Waals surface area contributed by atoms with Crippen LogP contribution in [0.2, 0.25) is 5.02 Å². The first-order valence-corrected chi connectivity index (χ1v) is 14.4. The van der Waals surface area contributed by atoms with Gasteiger partial charge in [-0.15, -0.1) is 0 Å². The minimum Gasteiger partial charge on any atom is -0.351 e. The average Bonchev–Trinajstić information content (AvgIpc) is 3.44. The molecular weight excluding hydrogens is 538 g/mol. The predicted molar refractivity (Wildman–Crippen MR) is 167 cm³/mol. The summed E-state index contributed by atoms with van der Waals surface area (Å²) in [7, 11) is 0. The minimum absolute atomic E-state index is 0.0829. The third kappa shape index (κ3) is 5.23. The van der Waals surface area contributed by atoms with Gasteiger partial charge in [0.05, 0.1) is 28.5 Å². The highest BCUT2D eigenvalue weighted by Crippen LogP contribution is 2.44. The first-order chi connectivity index (χ1) is 19.2. The van der Waals surface area contributed by atoms with Crippen molar-refractivity contribution in [2.45, 2.75) is 53.1 Å². The van der Waals surface area contributed by atoms with Crippen molar-refractivity contribution in [1.82, 2.24) is 14.9 Å². The first kappa shape index (κ1) is 27.9. The van der Waals surface area contributed by atoms with Crippen LogP contribution in [0.25, 0.3) is 5.69 Å². The van der Waals surface area contributed by atoms with E-state index in [0.29, 0.717) is 15.8 Å². The predicted octanol–water partition coefficient (Wildman–Crippen LogP) is 7.48. The maximum absolute atomic E-state index is 12.3. The molecule has 206 valence electrons. The van der Waals surface area contributed by atoms with Gasteiger partial charge in [-0.25, -0.2) is 0 Å². The van der Waals surface area contributed by atoms with Gasteiger partial charge in [0.1, 0.15) is 0 Å². The van der Waals surface area contributed by atoms with Gasteiger partial charge in [-0.05, 0) is 92.1 Å². The van der Waals surface area contributed by atoms with Crippen LogP contribution in [-0.4, -0.2) is 20.6 Å². The maximum Gasteiger partial charge on any atom is 0.226 e. The Labute approximate surface area is 246 Å². The number of thiocarbonyl (C=S) groups is 1. The zero-order chi connectivity index (χ0) is 28.6. The lowest BCUT2D eigenvalue weighted by Crippen LogP contribution is -2.29. The fourth-order valence-corrected chi connectivity index (χ4v) is 5.91. The highest BCUT2D eigenvalue weighted by molar-refractivity contribution is 7.80. The number of benzene rings is 2. The van der Waals surface area contributed by atoms with E-state index in [1.54, 1.807) is 6.20 Å². The van der Waals surface area contributed by atoms with Gasteiger partial charge in [0.25, 0.3) is 0 Å². The maximum atomic E-state index is 12.3. The topological polar surface area (TPSA) is 62.2 Å². The van der Waals surface area contributed by atoms with Gasteiger partial charge in [-0.2, -0.15) is 0 Å². The molecule has 1 aliphatic heterocycles. The van der Waals surface area contributed by atoms with Crippen LogP contribution < -0.4 is 15.5 Å². The quantitative estimate of drug-likeness (QED) is 0.225. The van der Waals surface area contributed by atoms with Crippen LogP contribution in [0.15, 0.2) is 72.9 Å². The molecule has 0 bridgehead atoms. The van der Waals surface area contributed by atoms with Crippen molar-refractivity contribution < 1.29 is 4.79 Å². The standard InChI is InChI=1S/C32H34ClN5OS/c1-6-22-10-12-23(13-11-22)37-20(4)17-25(21(37)5)30-29(28-9-7-8-16-34-28)36-32(40)38(30)24-14-15-27(26(33)18-24)35-31(39)19(2)3/h7-19,29-30H,6H2,1-5H3,(H,35,39)(H,36,40)/t29-,30+/m1/s1. The van der Waals surface area contributed by atoms with Crippen LogP contribution in [0.3, 0.4) is 0 Å². The SMILES string of the molecule is CCc1ccc(-n2c(C)cc([C@H]3[C@@H](c4ccccn4)NC(=S)N3c3ccc(NC(=O)C(C)C)c(Cl)c3)c2C)cc1.